The van der Waals surface area contributed by atoms with Gasteiger partial charge in [0.1, 0.15) is 0 Å². The second-order valence-corrected chi connectivity index (χ2v) is 6.33. The predicted octanol–water partition coefficient (Wildman–Crippen LogP) is 3.39. The van der Waals surface area contributed by atoms with Crippen LogP contribution in [0.5, 0.6) is 0 Å². The van der Waals surface area contributed by atoms with Crippen LogP contribution in [0.1, 0.15) is 64.2 Å². The Balaban J connectivity index is 1.43. The Labute approximate surface area is 121 Å². The van der Waals surface area contributed by atoms with Gasteiger partial charge < -0.3 is 14.6 Å². The van der Waals surface area contributed by atoms with Crippen LogP contribution in [0.15, 0.2) is 0 Å². The number of epoxide rings is 1. The zero-order valence-corrected chi connectivity index (χ0v) is 12.4. The Morgan fingerprint density at radius 3 is 2.45 bits per heavy atom. The summed E-state index contributed by atoms with van der Waals surface area (Å²) in [6, 6.07) is 0. The summed E-state index contributed by atoms with van der Waals surface area (Å²) in [5, 5.41) is 8.96. The minimum Gasteiger partial charge on any atom is -0.479 e. The highest BCUT2D eigenvalue weighted by Crippen LogP contribution is 2.33. The van der Waals surface area contributed by atoms with E-state index in [4.69, 9.17) is 14.6 Å². The lowest BCUT2D eigenvalue weighted by molar-refractivity contribution is -0.143. The fourth-order valence-electron chi connectivity index (χ4n) is 3.03. The molecule has 1 saturated carbocycles. The minimum absolute atomic E-state index is 0.389. The third-order valence-electron chi connectivity index (χ3n) is 4.58. The third-order valence-corrected chi connectivity index (χ3v) is 4.58. The molecule has 1 unspecified atom stereocenters. The summed E-state index contributed by atoms with van der Waals surface area (Å²) in [6.07, 6.45) is 11.8. The molecule has 1 aliphatic heterocycles. The van der Waals surface area contributed by atoms with E-state index in [1.54, 1.807) is 0 Å². The van der Waals surface area contributed by atoms with Gasteiger partial charge in [-0.05, 0) is 38.0 Å². The molecule has 0 aromatic carbocycles. The van der Waals surface area contributed by atoms with E-state index >= 15 is 0 Å². The van der Waals surface area contributed by atoms with Gasteiger partial charge in [0.2, 0.25) is 0 Å². The Morgan fingerprint density at radius 2 is 1.85 bits per heavy atom. The van der Waals surface area contributed by atoms with Crippen molar-refractivity contribution in [1.82, 2.24) is 0 Å². The first-order chi connectivity index (χ1) is 9.73. The summed E-state index contributed by atoms with van der Waals surface area (Å²) >= 11 is 0. The van der Waals surface area contributed by atoms with Gasteiger partial charge in [-0.25, -0.2) is 4.79 Å². The highest BCUT2D eigenvalue weighted by Gasteiger charge is 2.51. The topological polar surface area (TPSA) is 59.1 Å². The monoisotopic (exact) mass is 284 g/mol. The summed E-state index contributed by atoms with van der Waals surface area (Å²) in [7, 11) is 0. The second-order valence-electron chi connectivity index (χ2n) is 6.33. The maximum Gasteiger partial charge on any atom is 0.338 e. The molecule has 116 valence electrons. The molecule has 2 fully saturated rings. The van der Waals surface area contributed by atoms with Crippen molar-refractivity contribution in [3.05, 3.63) is 0 Å². The Hall–Kier alpha value is -0.610. The van der Waals surface area contributed by atoms with E-state index in [1.807, 2.05) is 0 Å². The highest BCUT2D eigenvalue weighted by molar-refractivity contribution is 5.80. The molecule has 0 bridgehead atoms. The molecule has 1 aliphatic carbocycles. The Bertz CT molecular complexity index is 291. The average molecular weight is 284 g/mol. The van der Waals surface area contributed by atoms with E-state index in [0.29, 0.717) is 13.0 Å². The van der Waals surface area contributed by atoms with E-state index in [1.165, 1.54) is 38.5 Å². The van der Waals surface area contributed by atoms with Crippen LogP contribution in [0.25, 0.3) is 0 Å². The normalized spacial score (nSPS) is 27.2. The van der Waals surface area contributed by atoms with E-state index in [2.05, 4.69) is 0 Å². The molecule has 2 aliphatic rings. The molecule has 1 saturated heterocycles. The lowest BCUT2D eigenvalue weighted by Gasteiger charge is -2.14. The van der Waals surface area contributed by atoms with Gasteiger partial charge in [-0.2, -0.15) is 0 Å². The number of ether oxygens (including phenoxy) is 2. The molecule has 0 spiro atoms. The second kappa shape index (κ2) is 7.99. The standard InChI is InChI=1S/C16H28O4/c17-15(18)16(13-20-16)10-6-3-7-11-19-12-14-8-4-1-2-5-9-14/h14H,1-13H2,(H,17,18). The first-order valence-corrected chi connectivity index (χ1v) is 8.18. The van der Waals surface area contributed by atoms with Gasteiger partial charge >= 0.3 is 5.97 Å². The molecule has 0 radical (unpaired) electrons. The maximum absolute atomic E-state index is 10.9. The van der Waals surface area contributed by atoms with Crippen molar-refractivity contribution < 1.29 is 19.4 Å². The molecule has 0 aromatic rings. The van der Waals surface area contributed by atoms with Crippen LogP contribution >= 0.6 is 0 Å². The van der Waals surface area contributed by atoms with E-state index in [9.17, 15) is 4.79 Å². The lowest BCUT2D eigenvalue weighted by atomic mass is 10.0. The van der Waals surface area contributed by atoms with E-state index < -0.39 is 11.6 Å². The zero-order valence-electron chi connectivity index (χ0n) is 12.4. The molecule has 4 heteroatoms. The lowest BCUT2D eigenvalue weighted by Crippen LogP contribution is -2.23. The van der Waals surface area contributed by atoms with Crippen molar-refractivity contribution >= 4 is 5.97 Å². The van der Waals surface area contributed by atoms with Crippen molar-refractivity contribution in [3.8, 4) is 0 Å². The highest BCUT2D eigenvalue weighted by atomic mass is 16.6. The number of unbranched alkanes of at least 4 members (excludes halogenated alkanes) is 2. The fourth-order valence-corrected chi connectivity index (χ4v) is 3.03. The molecule has 0 aromatic heterocycles. The zero-order chi connectivity index (χ0) is 14.3. The SMILES string of the molecule is O=C(O)C1(CCCCCOCC2CCCCCC2)CO1. The molecule has 0 amide bonds. The van der Waals surface area contributed by atoms with Crippen molar-refractivity contribution in [2.24, 2.45) is 5.92 Å². The van der Waals surface area contributed by atoms with Crippen LogP contribution in [0, 0.1) is 5.92 Å². The number of rotatable bonds is 9. The minimum atomic E-state index is -0.832. The van der Waals surface area contributed by atoms with Crippen molar-refractivity contribution in [3.63, 3.8) is 0 Å². The van der Waals surface area contributed by atoms with Gasteiger partial charge in [0, 0.05) is 13.2 Å². The van der Waals surface area contributed by atoms with Gasteiger partial charge in [0.25, 0.3) is 0 Å². The third kappa shape index (κ3) is 5.06. The number of hydrogen-bond acceptors (Lipinski definition) is 3. The summed E-state index contributed by atoms with van der Waals surface area (Å²) in [5.74, 6) is -0.0326. The van der Waals surface area contributed by atoms with Crippen LogP contribution in [0.3, 0.4) is 0 Å². The summed E-state index contributed by atoms with van der Waals surface area (Å²) < 4.78 is 10.8. The number of carboxylic acid groups (broad SMARTS) is 1. The van der Waals surface area contributed by atoms with Crippen LogP contribution in [0.2, 0.25) is 0 Å². The van der Waals surface area contributed by atoms with Crippen LogP contribution in [0.4, 0.5) is 0 Å². The molecule has 4 nitrogen and oxygen atoms in total. The van der Waals surface area contributed by atoms with Crippen molar-refractivity contribution in [2.75, 3.05) is 19.8 Å². The van der Waals surface area contributed by atoms with Crippen molar-refractivity contribution in [1.29, 1.82) is 0 Å². The molecule has 1 N–H and O–H groups in total. The smallest absolute Gasteiger partial charge is 0.338 e. The predicted molar refractivity (Wildman–Crippen MR) is 76.8 cm³/mol. The summed E-state index contributed by atoms with van der Waals surface area (Å²) in [6.45, 7) is 2.13. The first-order valence-electron chi connectivity index (χ1n) is 8.18. The fraction of sp³-hybridized carbons (Fsp3) is 0.938. The molecular formula is C16H28O4. The molecule has 2 rings (SSSR count). The van der Waals surface area contributed by atoms with Gasteiger partial charge in [0.15, 0.2) is 5.60 Å². The number of carbonyl (C=O) groups is 1. The van der Waals surface area contributed by atoms with Gasteiger partial charge in [0.05, 0.1) is 6.61 Å². The first kappa shape index (κ1) is 15.8. The molecule has 20 heavy (non-hydrogen) atoms. The maximum atomic E-state index is 10.9. The number of carboxylic acids is 1. The average Bonchev–Trinajstić information content (AvgIpc) is 3.22. The Morgan fingerprint density at radius 1 is 1.15 bits per heavy atom. The quantitative estimate of drug-likeness (QED) is 0.400. The van der Waals surface area contributed by atoms with Gasteiger partial charge in [-0.15, -0.1) is 0 Å². The van der Waals surface area contributed by atoms with E-state index in [-0.39, 0.29) is 0 Å². The van der Waals surface area contributed by atoms with Crippen molar-refractivity contribution in [2.45, 2.75) is 69.8 Å². The molecular weight excluding hydrogens is 256 g/mol. The number of aliphatic carboxylic acids is 1. The Kier molecular flexibility index (Phi) is 6.30. The number of hydrogen-bond donors (Lipinski definition) is 1. The largest absolute Gasteiger partial charge is 0.479 e. The molecule has 1 atom stereocenters. The van der Waals surface area contributed by atoms with Crippen LogP contribution in [-0.4, -0.2) is 36.5 Å². The van der Waals surface area contributed by atoms with Gasteiger partial charge in [-0.1, -0.05) is 32.1 Å². The van der Waals surface area contributed by atoms with Crippen LogP contribution < -0.4 is 0 Å². The van der Waals surface area contributed by atoms with E-state index in [0.717, 1.165) is 38.4 Å². The summed E-state index contributed by atoms with van der Waals surface area (Å²) in [5.41, 5.74) is -0.832. The summed E-state index contributed by atoms with van der Waals surface area (Å²) in [4.78, 5) is 10.9. The molecule has 1 heterocycles. The van der Waals surface area contributed by atoms with Gasteiger partial charge in [-0.3, -0.25) is 0 Å². The van der Waals surface area contributed by atoms with Crippen LogP contribution in [-0.2, 0) is 14.3 Å².